The van der Waals surface area contributed by atoms with E-state index in [1.807, 2.05) is 0 Å². The van der Waals surface area contributed by atoms with Crippen LogP contribution in [-0.2, 0) is 4.79 Å². The fourth-order valence-electron chi connectivity index (χ4n) is 1.12. The largest absolute Gasteiger partial charge is 0.548 e. The lowest BCUT2D eigenvalue weighted by atomic mass is 10.0. The normalized spacial score (nSPS) is 12.5. The summed E-state index contributed by atoms with van der Waals surface area (Å²) in [5.74, 6) is -1.82. The van der Waals surface area contributed by atoms with Crippen LogP contribution in [-0.4, -0.2) is 17.9 Å². The van der Waals surface area contributed by atoms with Gasteiger partial charge in [-0.1, -0.05) is 19.9 Å². The number of carboxylic acid groups (broad SMARTS) is 1. The lowest BCUT2D eigenvalue weighted by Gasteiger charge is -2.22. The Balaban J connectivity index is 2.67. The Morgan fingerprint density at radius 2 is 2.13 bits per heavy atom. The maximum atomic E-state index is 11.5. The summed E-state index contributed by atoms with van der Waals surface area (Å²) in [5, 5.41) is 14.9. The monoisotopic (exact) mass is 226 g/mol. The van der Waals surface area contributed by atoms with Crippen LogP contribution in [0.5, 0.6) is 0 Å². The average molecular weight is 226 g/mol. The SMILES string of the molecule is CC(C)C(NC(=O)c1cccs1)C(=O)[O-]. The molecule has 1 rings (SSSR count). The molecule has 1 amide bonds. The van der Waals surface area contributed by atoms with Crippen molar-refractivity contribution in [2.75, 3.05) is 0 Å². The molecule has 1 aromatic rings. The lowest BCUT2D eigenvalue weighted by molar-refractivity contribution is -0.309. The molecule has 0 aromatic carbocycles. The van der Waals surface area contributed by atoms with E-state index in [9.17, 15) is 14.7 Å². The third-order valence-corrected chi connectivity index (χ3v) is 2.82. The summed E-state index contributed by atoms with van der Waals surface area (Å²) in [7, 11) is 0. The van der Waals surface area contributed by atoms with Gasteiger partial charge in [0.05, 0.1) is 16.9 Å². The Morgan fingerprint density at radius 1 is 1.47 bits per heavy atom. The Morgan fingerprint density at radius 3 is 2.53 bits per heavy atom. The molecule has 1 heterocycles. The van der Waals surface area contributed by atoms with Gasteiger partial charge in [0.1, 0.15) is 0 Å². The smallest absolute Gasteiger partial charge is 0.261 e. The van der Waals surface area contributed by atoms with Gasteiger partial charge in [-0.3, -0.25) is 4.79 Å². The van der Waals surface area contributed by atoms with Crippen LogP contribution in [0.1, 0.15) is 23.5 Å². The van der Waals surface area contributed by atoms with Gasteiger partial charge in [-0.25, -0.2) is 0 Å². The number of nitrogens with one attached hydrogen (secondary N) is 1. The number of aliphatic carboxylic acids is 1. The number of thiophene rings is 1. The molecule has 0 aliphatic carbocycles. The Bertz CT molecular complexity index is 346. The highest BCUT2D eigenvalue weighted by Gasteiger charge is 2.18. The van der Waals surface area contributed by atoms with Crippen LogP contribution in [0.25, 0.3) is 0 Å². The number of carbonyl (C=O) groups excluding carboxylic acids is 2. The van der Waals surface area contributed by atoms with Crippen molar-refractivity contribution in [2.45, 2.75) is 19.9 Å². The van der Waals surface area contributed by atoms with E-state index < -0.39 is 12.0 Å². The van der Waals surface area contributed by atoms with Crippen molar-refractivity contribution in [3.05, 3.63) is 22.4 Å². The van der Waals surface area contributed by atoms with Gasteiger partial charge >= 0.3 is 0 Å². The van der Waals surface area contributed by atoms with E-state index in [0.717, 1.165) is 0 Å². The van der Waals surface area contributed by atoms with Gasteiger partial charge in [0.15, 0.2) is 0 Å². The molecule has 5 heteroatoms. The lowest BCUT2D eigenvalue weighted by Crippen LogP contribution is -2.50. The molecule has 0 aliphatic heterocycles. The van der Waals surface area contributed by atoms with E-state index in [1.165, 1.54) is 11.3 Å². The van der Waals surface area contributed by atoms with Gasteiger partial charge in [-0.05, 0) is 17.4 Å². The van der Waals surface area contributed by atoms with Gasteiger partial charge in [0.2, 0.25) is 0 Å². The molecule has 1 N–H and O–H groups in total. The van der Waals surface area contributed by atoms with Crippen LogP contribution in [0.3, 0.4) is 0 Å². The molecule has 1 aromatic heterocycles. The maximum absolute atomic E-state index is 11.5. The summed E-state index contributed by atoms with van der Waals surface area (Å²) in [6, 6.07) is 2.44. The minimum atomic E-state index is -1.25. The predicted molar refractivity (Wildman–Crippen MR) is 55.4 cm³/mol. The molecule has 0 radical (unpaired) electrons. The second-order valence-electron chi connectivity index (χ2n) is 3.49. The van der Waals surface area contributed by atoms with Crippen LogP contribution < -0.4 is 10.4 Å². The molecule has 0 aliphatic rings. The molecule has 0 fully saturated rings. The van der Waals surface area contributed by atoms with E-state index in [2.05, 4.69) is 5.32 Å². The fourth-order valence-corrected chi connectivity index (χ4v) is 1.74. The summed E-state index contributed by atoms with van der Waals surface area (Å²) < 4.78 is 0. The molecule has 0 spiro atoms. The number of hydrogen-bond donors (Lipinski definition) is 1. The van der Waals surface area contributed by atoms with E-state index in [4.69, 9.17) is 0 Å². The van der Waals surface area contributed by atoms with Crippen molar-refractivity contribution in [2.24, 2.45) is 5.92 Å². The second-order valence-corrected chi connectivity index (χ2v) is 4.44. The Labute approximate surface area is 91.9 Å². The summed E-state index contributed by atoms with van der Waals surface area (Å²) in [6.45, 7) is 3.43. The standard InChI is InChI=1S/C10H13NO3S/c1-6(2)8(10(13)14)11-9(12)7-4-3-5-15-7/h3-6,8H,1-2H3,(H,11,12)(H,13,14)/p-1. The summed E-state index contributed by atoms with van der Waals surface area (Å²) in [5.41, 5.74) is 0. The molecular weight excluding hydrogens is 214 g/mol. The molecule has 82 valence electrons. The van der Waals surface area contributed by atoms with Crippen LogP contribution in [0, 0.1) is 5.92 Å². The van der Waals surface area contributed by atoms with Crippen LogP contribution in [0.2, 0.25) is 0 Å². The molecule has 0 bridgehead atoms. The summed E-state index contributed by atoms with van der Waals surface area (Å²) in [4.78, 5) is 22.8. The van der Waals surface area contributed by atoms with Crippen LogP contribution >= 0.6 is 11.3 Å². The minimum Gasteiger partial charge on any atom is -0.548 e. The van der Waals surface area contributed by atoms with E-state index >= 15 is 0 Å². The molecule has 0 saturated carbocycles. The zero-order chi connectivity index (χ0) is 11.4. The quantitative estimate of drug-likeness (QED) is 0.800. The molecule has 4 nitrogen and oxygen atoms in total. The highest BCUT2D eigenvalue weighted by molar-refractivity contribution is 7.12. The highest BCUT2D eigenvalue weighted by Crippen LogP contribution is 2.09. The highest BCUT2D eigenvalue weighted by atomic mass is 32.1. The van der Waals surface area contributed by atoms with Crippen molar-refractivity contribution < 1.29 is 14.7 Å². The van der Waals surface area contributed by atoms with Crippen molar-refractivity contribution in [1.82, 2.24) is 5.32 Å². The van der Waals surface area contributed by atoms with Crippen LogP contribution in [0.4, 0.5) is 0 Å². The van der Waals surface area contributed by atoms with Gasteiger partial charge in [0.25, 0.3) is 5.91 Å². The topological polar surface area (TPSA) is 69.2 Å². The zero-order valence-electron chi connectivity index (χ0n) is 8.52. The third kappa shape index (κ3) is 3.06. The predicted octanol–water partition coefficient (Wildman–Crippen LogP) is 0.252. The van der Waals surface area contributed by atoms with Crippen molar-refractivity contribution in [1.29, 1.82) is 0 Å². The van der Waals surface area contributed by atoms with Crippen molar-refractivity contribution in [3.8, 4) is 0 Å². The second kappa shape index (κ2) is 4.93. The zero-order valence-corrected chi connectivity index (χ0v) is 9.34. The first kappa shape index (κ1) is 11.7. The number of hydrogen-bond acceptors (Lipinski definition) is 4. The summed E-state index contributed by atoms with van der Waals surface area (Å²) in [6.07, 6.45) is 0. The minimum absolute atomic E-state index is 0.195. The number of rotatable bonds is 4. The maximum Gasteiger partial charge on any atom is 0.261 e. The number of amides is 1. The van der Waals surface area contributed by atoms with E-state index in [0.29, 0.717) is 4.88 Å². The molecule has 15 heavy (non-hydrogen) atoms. The van der Waals surface area contributed by atoms with Gasteiger partial charge in [-0.2, -0.15) is 0 Å². The van der Waals surface area contributed by atoms with Crippen LogP contribution in [0.15, 0.2) is 17.5 Å². The van der Waals surface area contributed by atoms with Gasteiger partial charge in [0, 0.05) is 0 Å². The first-order chi connectivity index (χ1) is 7.02. The number of carbonyl (C=O) groups is 2. The third-order valence-electron chi connectivity index (χ3n) is 1.95. The van der Waals surface area contributed by atoms with Gasteiger partial charge in [-0.15, -0.1) is 11.3 Å². The molecule has 1 unspecified atom stereocenters. The number of carboxylic acids is 1. The molecular formula is C10H12NO3S-. The fraction of sp³-hybridized carbons (Fsp3) is 0.400. The first-order valence-corrected chi connectivity index (χ1v) is 5.45. The average Bonchev–Trinajstić information content (AvgIpc) is 2.65. The summed E-state index contributed by atoms with van der Waals surface area (Å²) >= 11 is 1.27. The molecule has 0 saturated heterocycles. The van der Waals surface area contributed by atoms with Gasteiger partial charge < -0.3 is 15.2 Å². The molecule has 1 atom stereocenters. The first-order valence-electron chi connectivity index (χ1n) is 4.57. The van der Waals surface area contributed by atoms with Crippen molar-refractivity contribution in [3.63, 3.8) is 0 Å². The van der Waals surface area contributed by atoms with E-state index in [-0.39, 0.29) is 11.8 Å². The Hall–Kier alpha value is -1.36. The van der Waals surface area contributed by atoms with E-state index in [1.54, 1.807) is 31.4 Å². The Kier molecular flexibility index (Phi) is 3.85. The van der Waals surface area contributed by atoms with Crippen molar-refractivity contribution >= 4 is 23.2 Å².